The van der Waals surface area contributed by atoms with Crippen molar-refractivity contribution in [3.05, 3.63) is 35.9 Å². The van der Waals surface area contributed by atoms with E-state index < -0.39 is 6.10 Å². The summed E-state index contributed by atoms with van der Waals surface area (Å²) in [7, 11) is 0. The molecular formula is C20H27N3O4. The summed E-state index contributed by atoms with van der Waals surface area (Å²) >= 11 is 0. The van der Waals surface area contributed by atoms with Crippen LogP contribution in [0.5, 0.6) is 0 Å². The molecule has 2 saturated heterocycles. The van der Waals surface area contributed by atoms with Crippen molar-refractivity contribution >= 4 is 11.8 Å². The number of amides is 2. The molecule has 3 aliphatic rings. The third kappa shape index (κ3) is 4.31. The molecule has 7 nitrogen and oxygen atoms in total. The van der Waals surface area contributed by atoms with Gasteiger partial charge in [0.25, 0.3) is 5.91 Å². The SMILES string of the molecule is O=C(NCCN1CCOCC1)[C@@H]1OCC(=O)N(C2CC2)[C@H]1c1ccccc1. The fraction of sp³-hybridized carbons (Fsp3) is 0.600. The standard InChI is InChI=1S/C20H27N3O4/c24-17-14-27-19(20(25)21-8-9-22-10-12-26-13-11-22)18(23(17)16-6-7-16)15-4-2-1-3-5-15/h1-5,16,18-19H,6-14H2,(H,21,25)/t18-,19+/m0/s1. The van der Waals surface area contributed by atoms with Crippen LogP contribution in [-0.4, -0.2) is 79.8 Å². The number of nitrogens with zero attached hydrogens (tertiary/aromatic N) is 2. The van der Waals surface area contributed by atoms with Gasteiger partial charge in [-0.3, -0.25) is 14.5 Å². The summed E-state index contributed by atoms with van der Waals surface area (Å²) in [6, 6.07) is 9.62. The number of ether oxygens (including phenoxy) is 2. The van der Waals surface area contributed by atoms with Gasteiger partial charge in [0, 0.05) is 32.2 Å². The van der Waals surface area contributed by atoms with Crippen molar-refractivity contribution < 1.29 is 19.1 Å². The van der Waals surface area contributed by atoms with E-state index in [1.54, 1.807) is 0 Å². The van der Waals surface area contributed by atoms with Crippen molar-refractivity contribution in [3.63, 3.8) is 0 Å². The van der Waals surface area contributed by atoms with E-state index >= 15 is 0 Å². The van der Waals surface area contributed by atoms with E-state index in [-0.39, 0.29) is 30.5 Å². The lowest BCUT2D eigenvalue weighted by Crippen LogP contribution is -2.55. The van der Waals surface area contributed by atoms with E-state index in [0.717, 1.165) is 51.3 Å². The fourth-order valence-electron chi connectivity index (χ4n) is 3.88. The van der Waals surface area contributed by atoms with Crippen LogP contribution in [0.25, 0.3) is 0 Å². The number of carbonyl (C=O) groups excluding carboxylic acids is 2. The predicted molar refractivity (Wildman–Crippen MR) is 99.1 cm³/mol. The van der Waals surface area contributed by atoms with Crippen molar-refractivity contribution in [2.24, 2.45) is 0 Å². The molecule has 7 heteroatoms. The zero-order chi connectivity index (χ0) is 18.6. The Morgan fingerprint density at radius 1 is 1.15 bits per heavy atom. The lowest BCUT2D eigenvalue weighted by Gasteiger charge is -2.41. The summed E-state index contributed by atoms with van der Waals surface area (Å²) < 4.78 is 11.1. The topological polar surface area (TPSA) is 71.1 Å². The van der Waals surface area contributed by atoms with Gasteiger partial charge in [-0.25, -0.2) is 0 Å². The van der Waals surface area contributed by atoms with E-state index in [0.29, 0.717) is 6.54 Å². The van der Waals surface area contributed by atoms with Gasteiger partial charge in [0.05, 0.1) is 19.3 Å². The molecule has 2 amide bonds. The monoisotopic (exact) mass is 373 g/mol. The average Bonchev–Trinajstić information content (AvgIpc) is 3.54. The summed E-state index contributed by atoms with van der Waals surface area (Å²) in [6.07, 6.45) is 1.33. The van der Waals surface area contributed by atoms with E-state index in [2.05, 4.69) is 10.2 Å². The predicted octanol–water partition coefficient (Wildman–Crippen LogP) is 0.566. The van der Waals surface area contributed by atoms with Crippen molar-refractivity contribution in [1.82, 2.24) is 15.1 Å². The van der Waals surface area contributed by atoms with Crippen LogP contribution in [0.1, 0.15) is 24.4 Å². The maximum atomic E-state index is 12.9. The fourth-order valence-corrected chi connectivity index (χ4v) is 3.88. The van der Waals surface area contributed by atoms with Gasteiger partial charge in [-0.15, -0.1) is 0 Å². The number of carbonyl (C=O) groups is 2. The minimum Gasteiger partial charge on any atom is -0.379 e. The third-order valence-electron chi connectivity index (χ3n) is 5.43. The highest BCUT2D eigenvalue weighted by Crippen LogP contribution is 2.39. The second kappa shape index (κ2) is 8.37. The molecule has 27 heavy (non-hydrogen) atoms. The Hall–Kier alpha value is -1.96. The van der Waals surface area contributed by atoms with Crippen LogP contribution in [0.4, 0.5) is 0 Å². The molecule has 0 spiro atoms. The molecule has 0 bridgehead atoms. The number of hydrogen-bond donors (Lipinski definition) is 1. The second-order valence-corrected chi connectivity index (χ2v) is 7.36. The van der Waals surface area contributed by atoms with Crippen LogP contribution < -0.4 is 5.32 Å². The lowest BCUT2D eigenvalue weighted by atomic mass is 9.97. The first-order valence-electron chi connectivity index (χ1n) is 9.79. The normalized spacial score (nSPS) is 26.8. The maximum Gasteiger partial charge on any atom is 0.251 e. The Morgan fingerprint density at radius 3 is 2.59 bits per heavy atom. The molecule has 1 saturated carbocycles. The number of benzene rings is 1. The largest absolute Gasteiger partial charge is 0.379 e. The van der Waals surface area contributed by atoms with E-state index in [9.17, 15) is 9.59 Å². The molecule has 2 aliphatic heterocycles. The molecule has 1 aromatic rings. The Morgan fingerprint density at radius 2 is 1.89 bits per heavy atom. The van der Waals surface area contributed by atoms with Crippen LogP contribution in [0.2, 0.25) is 0 Å². The summed E-state index contributed by atoms with van der Waals surface area (Å²) in [6.45, 7) is 4.61. The maximum absolute atomic E-state index is 12.9. The van der Waals surface area contributed by atoms with E-state index in [1.807, 2.05) is 35.2 Å². The van der Waals surface area contributed by atoms with Crippen molar-refractivity contribution in [1.29, 1.82) is 0 Å². The van der Waals surface area contributed by atoms with Gasteiger partial charge in [0.15, 0.2) is 6.10 Å². The number of nitrogens with one attached hydrogen (secondary N) is 1. The highest BCUT2D eigenvalue weighted by molar-refractivity contribution is 5.86. The zero-order valence-corrected chi connectivity index (χ0v) is 15.5. The van der Waals surface area contributed by atoms with Gasteiger partial charge in [-0.2, -0.15) is 0 Å². The number of hydrogen-bond acceptors (Lipinski definition) is 5. The Bertz CT molecular complexity index is 658. The van der Waals surface area contributed by atoms with Crippen LogP contribution in [0, 0.1) is 0 Å². The van der Waals surface area contributed by atoms with Crippen molar-refractivity contribution in [3.8, 4) is 0 Å². The molecule has 4 rings (SSSR count). The molecule has 0 radical (unpaired) electrons. The molecule has 2 atom stereocenters. The number of morpholine rings is 2. The Kier molecular flexibility index (Phi) is 5.71. The van der Waals surface area contributed by atoms with Crippen LogP contribution in [0.15, 0.2) is 30.3 Å². The molecule has 1 aromatic carbocycles. The quantitative estimate of drug-likeness (QED) is 0.789. The molecule has 146 valence electrons. The molecule has 2 heterocycles. The van der Waals surface area contributed by atoms with Gasteiger partial charge >= 0.3 is 0 Å². The highest BCUT2D eigenvalue weighted by atomic mass is 16.5. The number of rotatable bonds is 6. The third-order valence-corrected chi connectivity index (χ3v) is 5.43. The van der Waals surface area contributed by atoms with Gasteiger partial charge < -0.3 is 19.7 Å². The first kappa shape index (κ1) is 18.4. The van der Waals surface area contributed by atoms with Gasteiger partial charge in [-0.1, -0.05) is 30.3 Å². The molecule has 1 N–H and O–H groups in total. The highest BCUT2D eigenvalue weighted by Gasteiger charge is 2.47. The molecule has 0 aromatic heterocycles. The van der Waals surface area contributed by atoms with Gasteiger partial charge in [0.2, 0.25) is 5.91 Å². The van der Waals surface area contributed by atoms with E-state index in [1.165, 1.54) is 0 Å². The first-order chi connectivity index (χ1) is 13.2. The average molecular weight is 373 g/mol. The zero-order valence-electron chi connectivity index (χ0n) is 15.5. The van der Waals surface area contributed by atoms with E-state index in [4.69, 9.17) is 9.47 Å². The summed E-state index contributed by atoms with van der Waals surface area (Å²) in [5.41, 5.74) is 0.950. The van der Waals surface area contributed by atoms with Gasteiger partial charge in [-0.05, 0) is 18.4 Å². The van der Waals surface area contributed by atoms with Crippen molar-refractivity contribution in [2.45, 2.75) is 31.0 Å². The molecule has 1 aliphatic carbocycles. The lowest BCUT2D eigenvalue weighted by molar-refractivity contribution is -0.165. The van der Waals surface area contributed by atoms with Crippen LogP contribution >= 0.6 is 0 Å². The first-order valence-corrected chi connectivity index (χ1v) is 9.79. The minimum absolute atomic E-state index is 0.0243. The summed E-state index contributed by atoms with van der Waals surface area (Å²) in [4.78, 5) is 29.6. The Labute approximate surface area is 159 Å². The molecular weight excluding hydrogens is 346 g/mol. The summed E-state index contributed by atoms with van der Waals surface area (Å²) in [5, 5.41) is 3.01. The van der Waals surface area contributed by atoms with Gasteiger partial charge in [0.1, 0.15) is 6.61 Å². The molecule has 0 unspecified atom stereocenters. The minimum atomic E-state index is -0.671. The smallest absolute Gasteiger partial charge is 0.251 e. The summed E-state index contributed by atoms with van der Waals surface area (Å²) in [5.74, 6) is -0.168. The van der Waals surface area contributed by atoms with Crippen molar-refractivity contribution in [2.75, 3.05) is 46.0 Å². The second-order valence-electron chi connectivity index (χ2n) is 7.36. The molecule has 3 fully saturated rings. The Balaban J connectivity index is 1.44. The van der Waals surface area contributed by atoms with Crippen LogP contribution in [0.3, 0.4) is 0 Å². The van der Waals surface area contributed by atoms with Crippen LogP contribution in [-0.2, 0) is 19.1 Å².